The van der Waals surface area contributed by atoms with Crippen molar-refractivity contribution in [3.05, 3.63) is 59.7 Å². The van der Waals surface area contributed by atoms with Crippen LogP contribution < -0.4 is 5.32 Å². The Morgan fingerprint density at radius 2 is 1.94 bits per heavy atom. The molecule has 3 aromatic rings. The van der Waals surface area contributed by atoms with Gasteiger partial charge in [0.1, 0.15) is 6.04 Å². The summed E-state index contributed by atoms with van der Waals surface area (Å²) in [6.07, 6.45) is 7.28. The summed E-state index contributed by atoms with van der Waals surface area (Å²) < 4.78 is 3.61. The van der Waals surface area contributed by atoms with Crippen molar-refractivity contribution in [2.75, 3.05) is 11.9 Å². The molecular weight excluding hydrogens is 404 g/mol. The molecule has 3 heterocycles. The van der Waals surface area contributed by atoms with E-state index in [1.165, 1.54) is 0 Å². The van der Waals surface area contributed by atoms with Crippen LogP contribution in [0.3, 0.4) is 0 Å². The predicted octanol–water partition coefficient (Wildman–Crippen LogP) is 3.18. The zero-order valence-corrected chi connectivity index (χ0v) is 18.9. The van der Waals surface area contributed by atoms with Crippen LogP contribution in [0.4, 0.5) is 5.69 Å². The van der Waals surface area contributed by atoms with E-state index >= 15 is 0 Å². The molecule has 1 aromatic carbocycles. The third kappa shape index (κ3) is 4.90. The van der Waals surface area contributed by atoms with Crippen LogP contribution in [-0.2, 0) is 23.1 Å². The number of carbonyl (C=O) groups is 2. The number of likely N-dealkylation sites (tertiary alicyclic amines) is 1. The molecule has 0 saturated carbocycles. The van der Waals surface area contributed by atoms with Gasteiger partial charge in [0.2, 0.25) is 11.8 Å². The summed E-state index contributed by atoms with van der Waals surface area (Å²) in [6, 6.07) is 9.22. The van der Waals surface area contributed by atoms with Gasteiger partial charge in [0.05, 0.1) is 17.6 Å². The maximum atomic E-state index is 13.0. The van der Waals surface area contributed by atoms with Crippen molar-refractivity contribution in [3.63, 3.8) is 0 Å². The number of anilines is 1. The number of nitrogens with one attached hydrogen (secondary N) is 1. The summed E-state index contributed by atoms with van der Waals surface area (Å²) in [4.78, 5) is 27.7. The third-order valence-corrected chi connectivity index (χ3v) is 5.90. The second-order valence-electron chi connectivity index (χ2n) is 8.50. The van der Waals surface area contributed by atoms with Crippen LogP contribution in [-0.4, -0.2) is 48.9 Å². The van der Waals surface area contributed by atoms with E-state index in [1.54, 1.807) is 15.8 Å². The number of carbonyl (C=O) groups excluding carboxylic acids is 2. The summed E-state index contributed by atoms with van der Waals surface area (Å²) in [6.45, 7) is 4.60. The summed E-state index contributed by atoms with van der Waals surface area (Å²) in [7, 11) is 1.86. The van der Waals surface area contributed by atoms with Crippen molar-refractivity contribution in [1.82, 2.24) is 24.5 Å². The fourth-order valence-electron chi connectivity index (χ4n) is 4.30. The number of hydrogen-bond donors (Lipinski definition) is 1. The number of benzene rings is 1. The van der Waals surface area contributed by atoms with Crippen molar-refractivity contribution in [3.8, 4) is 5.69 Å². The Hall–Kier alpha value is -3.42. The maximum Gasteiger partial charge on any atom is 0.247 e. The molecule has 0 spiro atoms. The second-order valence-corrected chi connectivity index (χ2v) is 8.50. The number of hydrogen-bond acceptors (Lipinski definition) is 4. The number of aromatic nitrogens is 4. The molecule has 168 valence electrons. The number of nitrogens with zero attached hydrogens (tertiary/aromatic N) is 5. The standard InChI is InChI=1S/C24H30N6O2/c1-17-14-18(2)30(27-17)21-10-8-20(9-11-21)26-24(32)22-6-4-5-13-29(22)23(31)12-7-19-15-25-28(3)16-19/h8-11,14-16,22H,4-7,12-13H2,1-3H3,(H,26,32)/t22-/m0/s1. The molecule has 2 aromatic heterocycles. The molecule has 1 fully saturated rings. The van der Waals surface area contributed by atoms with Crippen molar-refractivity contribution < 1.29 is 9.59 Å². The highest BCUT2D eigenvalue weighted by Gasteiger charge is 2.31. The molecule has 1 N–H and O–H groups in total. The van der Waals surface area contributed by atoms with Crippen LogP contribution in [0.25, 0.3) is 5.69 Å². The van der Waals surface area contributed by atoms with Gasteiger partial charge < -0.3 is 10.2 Å². The molecule has 0 unspecified atom stereocenters. The Morgan fingerprint density at radius 3 is 2.59 bits per heavy atom. The van der Waals surface area contributed by atoms with Crippen LogP contribution >= 0.6 is 0 Å². The summed E-state index contributed by atoms with van der Waals surface area (Å²) in [5.41, 5.74) is 4.71. The minimum absolute atomic E-state index is 0.0218. The zero-order valence-electron chi connectivity index (χ0n) is 18.9. The average Bonchev–Trinajstić information content (AvgIpc) is 3.36. The molecule has 1 aliphatic rings. The van der Waals surface area contributed by atoms with Crippen molar-refractivity contribution >= 4 is 17.5 Å². The average molecular weight is 435 g/mol. The van der Waals surface area contributed by atoms with E-state index in [2.05, 4.69) is 15.5 Å². The van der Waals surface area contributed by atoms with Gasteiger partial charge in [0.25, 0.3) is 0 Å². The lowest BCUT2D eigenvalue weighted by atomic mass is 10.00. The minimum Gasteiger partial charge on any atom is -0.331 e. The lowest BCUT2D eigenvalue weighted by molar-refractivity contribution is -0.140. The first-order valence-corrected chi connectivity index (χ1v) is 11.1. The molecule has 32 heavy (non-hydrogen) atoms. The molecule has 4 rings (SSSR count). The Morgan fingerprint density at radius 1 is 1.16 bits per heavy atom. The van der Waals surface area contributed by atoms with E-state index in [4.69, 9.17) is 0 Å². The predicted molar refractivity (Wildman–Crippen MR) is 123 cm³/mol. The monoisotopic (exact) mass is 434 g/mol. The van der Waals surface area contributed by atoms with Crippen molar-refractivity contribution in [2.24, 2.45) is 7.05 Å². The van der Waals surface area contributed by atoms with Gasteiger partial charge in [-0.05, 0) is 75.4 Å². The van der Waals surface area contributed by atoms with Crippen LogP contribution in [0.15, 0.2) is 42.7 Å². The highest BCUT2D eigenvalue weighted by atomic mass is 16.2. The number of aryl methyl sites for hydroxylation is 4. The fourth-order valence-corrected chi connectivity index (χ4v) is 4.30. The maximum absolute atomic E-state index is 13.0. The second kappa shape index (κ2) is 9.38. The SMILES string of the molecule is Cc1cc(C)n(-c2ccc(NC(=O)[C@@H]3CCCCN3C(=O)CCc3cnn(C)c3)cc2)n1. The van der Waals surface area contributed by atoms with Gasteiger partial charge in [-0.1, -0.05) is 0 Å². The zero-order chi connectivity index (χ0) is 22.7. The van der Waals surface area contributed by atoms with Crippen LogP contribution in [0, 0.1) is 13.8 Å². The van der Waals surface area contributed by atoms with Gasteiger partial charge >= 0.3 is 0 Å². The molecule has 8 nitrogen and oxygen atoms in total. The van der Waals surface area contributed by atoms with Gasteiger partial charge in [-0.15, -0.1) is 0 Å². The van der Waals surface area contributed by atoms with Crippen molar-refractivity contribution in [2.45, 2.75) is 52.0 Å². The van der Waals surface area contributed by atoms with E-state index < -0.39 is 6.04 Å². The topological polar surface area (TPSA) is 85.0 Å². The molecule has 2 amide bonds. The first-order valence-electron chi connectivity index (χ1n) is 11.1. The summed E-state index contributed by atoms with van der Waals surface area (Å²) >= 11 is 0. The fraction of sp³-hybridized carbons (Fsp3) is 0.417. The molecule has 0 bridgehead atoms. The molecule has 1 aliphatic heterocycles. The quantitative estimate of drug-likeness (QED) is 0.646. The van der Waals surface area contributed by atoms with E-state index in [9.17, 15) is 9.59 Å². The van der Waals surface area contributed by atoms with E-state index in [1.807, 2.05) is 62.1 Å². The largest absolute Gasteiger partial charge is 0.331 e. The summed E-state index contributed by atoms with van der Waals surface area (Å²) in [5, 5.41) is 11.6. The van der Waals surface area contributed by atoms with Gasteiger partial charge in [-0.3, -0.25) is 14.3 Å². The first-order chi connectivity index (χ1) is 15.4. The number of rotatable bonds is 6. The van der Waals surface area contributed by atoms with Crippen LogP contribution in [0.1, 0.15) is 42.6 Å². The molecular formula is C24H30N6O2. The molecule has 1 saturated heterocycles. The van der Waals surface area contributed by atoms with Crippen molar-refractivity contribution in [1.29, 1.82) is 0 Å². The van der Waals surface area contributed by atoms with E-state index in [0.717, 1.165) is 35.5 Å². The minimum atomic E-state index is -0.430. The van der Waals surface area contributed by atoms with Gasteiger partial charge in [0.15, 0.2) is 0 Å². The molecule has 0 aliphatic carbocycles. The van der Waals surface area contributed by atoms with Crippen LogP contribution in [0.2, 0.25) is 0 Å². The normalized spacial score (nSPS) is 16.2. The van der Waals surface area contributed by atoms with E-state index in [-0.39, 0.29) is 11.8 Å². The van der Waals surface area contributed by atoms with Gasteiger partial charge in [-0.25, -0.2) is 4.68 Å². The first kappa shape index (κ1) is 21.8. The Balaban J connectivity index is 1.39. The Bertz CT molecular complexity index is 1100. The molecule has 0 radical (unpaired) electrons. The lowest BCUT2D eigenvalue weighted by Crippen LogP contribution is -2.50. The highest BCUT2D eigenvalue weighted by Crippen LogP contribution is 2.21. The lowest BCUT2D eigenvalue weighted by Gasteiger charge is -2.34. The molecule has 8 heteroatoms. The Kier molecular flexibility index (Phi) is 6.39. The van der Waals surface area contributed by atoms with Gasteiger partial charge in [0, 0.05) is 37.6 Å². The smallest absolute Gasteiger partial charge is 0.247 e. The Labute approximate surface area is 188 Å². The van der Waals surface area contributed by atoms with E-state index in [0.29, 0.717) is 31.5 Å². The van der Waals surface area contributed by atoms with Crippen LogP contribution in [0.5, 0.6) is 0 Å². The number of piperidine rings is 1. The third-order valence-electron chi connectivity index (χ3n) is 5.90. The molecule has 1 atom stereocenters. The highest BCUT2D eigenvalue weighted by molar-refractivity contribution is 5.97. The van der Waals surface area contributed by atoms with Gasteiger partial charge in [-0.2, -0.15) is 10.2 Å². The number of amides is 2. The summed E-state index contributed by atoms with van der Waals surface area (Å²) in [5.74, 6) is -0.105.